The van der Waals surface area contributed by atoms with Crippen LogP contribution in [-0.4, -0.2) is 32.9 Å². The number of fused-ring (bicyclic) bond motifs is 1. The third kappa shape index (κ3) is 6.10. The molecule has 8 nitrogen and oxygen atoms in total. The molecule has 5 rings (SSSR count). The van der Waals surface area contributed by atoms with Gasteiger partial charge < -0.3 is 10.6 Å². The number of carbonyl (C=O) groups excluding carboxylic acids is 3. The van der Waals surface area contributed by atoms with Gasteiger partial charge in [-0.05, 0) is 72.5 Å². The Morgan fingerprint density at radius 2 is 1.64 bits per heavy atom. The van der Waals surface area contributed by atoms with Gasteiger partial charge in [-0.1, -0.05) is 37.3 Å². The summed E-state index contributed by atoms with van der Waals surface area (Å²) in [4.78, 5) is 41.8. The number of aldehydes is 1. The van der Waals surface area contributed by atoms with E-state index in [2.05, 4.69) is 15.7 Å². The highest BCUT2D eigenvalue weighted by Crippen LogP contribution is 2.25. The minimum atomic E-state index is -0.426. The molecular weight excluding hydrogens is 533 g/mol. The van der Waals surface area contributed by atoms with E-state index in [1.807, 2.05) is 24.6 Å². The van der Waals surface area contributed by atoms with Crippen LogP contribution in [0.5, 0.6) is 0 Å². The first-order valence-corrected chi connectivity index (χ1v) is 13.7. The largest absolute Gasteiger partial charge is 0.348 e. The summed E-state index contributed by atoms with van der Waals surface area (Å²) < 4.78 is 16.4. The van der Waals surface area contributed by atoms with Crippen LogP contribution in [0.25, 0.3) is 22.2 Å². The number of rotatable bonds is 10. The molecule has 42 heavy (non-hydrogen) atoms. The van der Waals surface area contributed by atoms with Gasteiger partial charge in [-0.25, -0.2) is 14.1 Å². The van der Waals surface area contributed by atoms with E-state index in [0.29, 0.717) is 52.6 Å². The number of benzene rings is 3. The summed E-state index contributed by atoms with van der Waals surface area (Å²) in [6.45, 7) is 5.20. The maximum absolute atomic E-state index is 14.6. The molecule has 0 saturated carbocycles. The van der Waals surface area contributed by atoms with Crippen molar-refractivity contribution in [3.63, 3.8) is 0 Å². The smallest absolute Gasteiger partial charge is 0.251 e. The van der Waals surface area contributed by atoms with Crippen LogP contribution in [0.3, 0.4) is 0 Å². The summed E-state index contributed by atoms with van der Waals surface area (Å²) in [5.74, 6) is -1.10. The fraction of sp³-hybridized carbons (Fsp3) is 0.182. The average Bonchev–Trinajstić information content (AvgIpc) is 3.44. The first kappa shape index (κ1) is 28.4. The van der Waals surface area contributed by atoms with Gasteiger partial charge in [0.15, 0.2) is 5.65 Å². The molecular formula is C33H30FN5O3. The Bertz CT molecular complexity index is 1800. The normalized spacial score (nSPS) is 10.9. The van der Waals surface area contributed by atoms with E-state index in [1.54, 1.807) is 66.9 Å². The molecule has 2 aromatic heterocycles. The molecule has 2 amide bonds. The molecule has 3 aromatic carbocycles. The third-order valence-electron chi connectivity index (χ3n) is 7.06. The van der Waals surface area contributed by atoms with Crippen LogP contribution in [-0.2, 0) is 26.1 Å². The maximum atomic E-state index is 14.6. The zero-order valence-electron chi connectivity index (χ0n) is 23.4. The van der Waals surface area contributed by atoms with E-state index < -0.39 is 5.82 Å². The Hall–Kier alpha value is -5.18. The molecule has 0 saturated heterocycles. The van der Waals surface area contributed by atoms with Crippen molar-refractivity contribution >= 4 is 29.1 Å². The molecule has 0 aliphatic carbocycles. The van der Waals surface area contributed by atoms with Crippen molar-refractivity contribution in [1.82, 2.24) is 25.4 Å². The minimum absolute atomic E-state index is 0.153. The molecule has 0 radical (unpaired) electrons. The van der Waals surface area contributed by atoms with Crippen molar-refractivity contribution < 1.29 is 18.8 Å². The van der Waals surface area contributed by atoms with Gasteiger partial charge in [0, 0.05) is 53.0 Å². The van der Waals surface area contributed by atoms with Crippen molar-refractivity contribution in [2.45, 2.75) is 39.9 Å². The molecule has 0 spiro atoms. The number of hydrogen-bond acceptors (Lipinski definition) is 5. The van der Waals surface area contributed by atoms with Crippen LogP contribution >= 0.6 is 0 Å². The van der Waals surface area contributed by atoms with Gasteiger partial charge in [0.05, 0.1) is 6.20 Å². The first-order valence-electron chi connectivity index (χ1n) is 13.7. The zero-order valence-corrected chi connectivity index (χ0v) is 23.4. The van der Waals surface area contributed by atoms with Gasteiger partial charge in [-0.15, -0.1) is 0 Å². The molecule has 0 aliphatic rings. The average molecular weight is 564 g/mol. The number of amides is 2. The molecule has 0 bridgehead atoms. The van der Waals surface area contributed by atoms with Crippen LogP contribution in [0.1, 0.15) is 61.7 Å². The highest BCUT2D eigenvalue weighted by molar-refractivity contribution is 5.99. The minimum Gasteiger partial charge on any atom is -0.348 e. The van der Waals surface area contributed by atoms with Crippen LogP contribution < -0.4 is 10.6 Å². The molecule has 9 heteroatoms. The number of hydrogen-bond donors (Lipinski definition) is 2. The Labute approximate surface area is 242 Å². The highest BCUT2D eigenvalue weighted by Gasteiger charge is 2.14. The van der Waals surface area contributed by atoms with E-state index in [4.69, 9.17) is 4.98 Å². The number of carbonyl (C=O) groups is 3. The monoisotopic (exact) mass is 563 g/mol. The lowest BCUT2D eigenvalue weighted by Gasteiger charge is -2.11. The molecule has 5 aromatic rings. The molecule has 0 fully saturated rings. The van der Waals surface area contributed by atoms with E-state index in [9.17, 15) is 18.8 Å². The van der Waals surface area contributed by atoms with Crippen molar-refractivity contribution in [3.05, 3.63) is 118 Å². The zero-order chi connectivity index (χ0) is 29.6. The highest BCUT2D eigenvalue weighted by atomic mass is 19.1. The summed E-state index contributed by atoms with van der Waals surface area (Å²) >= 11 is 0. The van der Waals surface area contributed by atoms with Gasteiger partial charge in [0.25, 0.3) is 11.8 Å². The molecule has 0 aliphatic heterocycles. The van der Waals surface area contributed by atoms with E-state index in [1.165, 1.54) is 6.07 Å². The van der Waals surface area contributed by atoms with Crippen molar-refractivity contribution in [1.29, 1.82) is 0 Å². The lowest BCUT2D eigenvalue weighted by Crippen LogP contribution is -2.25. The molecule has 0 unspecified atom stereocenters. The van der Waals surface area contributed by atoms with Gasteiger partial charge >= 0.3 is 0 Å². The molecule has 0 atom stereocenters. The fourth-order valence-electron chi connectivity index (χ4n) is 4.83. The van der Waals surface area contributed by atoms with E-state index >= 15 is 0 Å². The lowest BCUT2D eigenvalue weighted by atomic mass is 10.0. The van der Waals surface area contributed by atoms with Crippen LogP contribution in [0.4, 0.5) is 4.39 Å². The van der Waals surface area contributed by atoms with Gasteiger partial charge in [-0.3, -0.25) is 14.4 Å². The van der Waals surface area contributed by atoms with Crippen LogP contribution in [0, 0.1) is 5.82 Å². The third-order valence-corrected chi connectivity index (χ3v) is 7.06. The molecule has 2 heterocycles. The van der Waals surface area contributed by atoms with E-state index in [-0.39, 0.29) is 18.4 Å². The number of nitrogens with zero attached hydrogens (tertiary/aromatic N) is 3. The predicted molar refractivity (Wildman–Crippen MR) is 159 cm³/mol. The first-order chi connectivity index (χ1) is 20.4. The SMILES string of the molecule is CCc1nc2c(cnn2CC)cc1CNC(=O)c1cccc(C(=O)NCc2ccc(F)c(-c3cccc(C=O)c3)c2)c1. The number of aromatic nitrogens is 3. The Kier molecular flexibility index (Phi) is 8.47. The number of nitrogens with one attached hydrogen (secondary N) is 2. The number of pyridine rings is 1. The Morgan fingerprint density at radius 1 is 0.905 bits per heavy atom. The van der Waals surface area contributed by atoms with Crippen molar-refractivity contribution in [3.8, 4) is 11.1 Å². The standard InChI is InChI=1S/C33H30FN5O3/c1-3-30-26(16-27-19-37-39(4-2)31(27)38-30)18-36-33(42)25-10-6-9-24(15-25)32(41)35-17-21-11-12-29(34)28(14-21)23-8-5-7-22(13-23)20-40/h5-16,19-20H,3-4,17-18H2,1-2H3,(H,35,41)(H,36,42). The van der Waals surface area contributed by atoms with Crippen LogP contribution in [0.15, 0.2) is 79.0 Å². The maximum Gasteiger partial charge on any atom is 0.251 e. The second kappa shape index (κ2) is 12.6. The summed E-state index contributed by atoms with van der Waals surface area (Å²) in [5, 5.41) is 11.1. The number of halogens is 1. The lowest BCUT2D eigenvalue weighted by molar-refractivity contribution is 0.0950. The van der Waals surface area contributed by atoms with Gasteiger partial charge in [0.1, 0.15) is 12.1 Å². The number of aryl methyl sites for hydroxylation is 2. The second-order valence-corrected chi connectivity index (χ2v) is 9.82. The molecule has 212 valence electrons. The van der Waals surface area contributed by atoms with Crippen LogP contribution in [0.2, 0.25) is 0 Å². The van der Waals surface area contributed by atoms with Crippen molar-refractivity contribution in [2.24, 2.45) is 0 Å². The fourth-order valence-corrected chi connectivity index (χ4v) is 4.83. The van der Waals surface area contributed by atoms with Crippen molar-refractivity contribution in [2.75, 3.05) is 0 Å². The molecule has 2 N–H and O–H groups in total. The predicted octanol–water partition coefficient (Wildman–Crippen LogP) is 5.49. The van der Waals surface area contributed by atoms with E-state index in [0.717, 1.165) is 28.8 Å². The topological polar surface area (TPSA) is 106 Å². The Morgan fingerprint density at radius 3 is 2.36 bits per heavy atom. The summed E-state index contributed by atoms with van der Waals surface area (Å²) in [6.07, 6.45) is 3.20. The summed E-state index contributed by atoms with van der Waals surface area (Å²) in [5.41, 5.74) is 5.36. The quantitative estimate of drug-likeness (QED) is 0.219. The Balaban J connectivity index is 1.24. The van der Waals surface area contributed by atoms with Gasteiger partial charge in [-0.2, -0.15) is 5.10 Å². The summed E-state index contributed by atoms with van der Waals surface area (Å²) in [6, 6.07) is 19.7. The summed E-state index contributed by atoms with van der Waals surface area (Å²) in [7, 11) is 0. The van der Waals surface area contributed by atoms with Gasteiger partial charge in [0.2, 0.25) is 0 Å². The second-order valence-electron chi connectivity index (χ2n) is 9.82.